The summed E-state index contributed by atoms with van der Waals surface area (Å²) >= 11 is 0. The van der Waals surface area contributed by atoms with Crippen molar-refractivity contribution >= 4 is 0 Å². The van der Waals surface area contributed by atoms with Crippen LogP contribution in [0.15, 0.2) is 24.9 Å². The predicted octanol–water partition coefficient (Wildman–Crippen LogP) is 0.429. The lowest BCUT2D eigenvalue weighted by molar-refractivity contribution is 0.831. The summed E-state index contributed by atoms with van der Waals surface area (Å²) in [5, 5.41) is 4.01. The first-order valence-electron chi connectivity index (χ1n) is 4.32. The van der Waals surface area contributed by atoms with Gasteiger partial charge < -0.3 is 5.73 Å². The number of nitrogens with zero attached hydrogens (tertiary/aromatic N) is 4. The summed E-state index contributed by atoms with van der Waals surface area (Å²) in [7, 11) is 0. The normalized spacial score (nSPS) is 10.4. The molecule has 0 atom stereocenters. The van der Waals surface area contributed by atoms with Crippen LogP contribution in [-0.4, -0.2) is 19.7 Å². The van der Waals surface area contributed by atoms with E-state index in [4.69, 9.17) is 5.73 Å². The number of hydrogen-bond donors (Lipinski definition) is 1. The van der Waals surface area contributed by atoms with E-state index in [1.165, 1.54) is 6.33 Å². The fourth-order valence-electron chi connectivity index (χ4n) is 1.29. The van der Waals surface area contributed by atoms with Crippen LogP contribution in [0.25, 0.3) is 5.82 Å². The van der Waals surface area contributed by atoms with Gasteiger partial charge in [0.1, 0.15) is 12.7 Å². The molecule has 0 aliphatic rings. The van der Waals surface area contributed by atoms with Crippen molar-refractivity contribution in [2.45, 2.75) is 13.5 Å². The highest BCUT2D eigenvalue weighted by Crippen LogP contribution is 2.10. The van der Waals surface area contributed by atoms with Gasteiger partial charge in [-0.15, -0.1) is 0 Å². The second-order valence-electron chi connectivity index (χ2n) is 3.03. The Morgan fingerprint density at radius 2 is 2.36 bits per heavy atom. The zero-order valence-corrected chi connectivity index (χ0v) is 7.88. The number of pyridine rings is 1. The largest absolute Gasteiger partial charge is 0.326 e. The molecule has 0 unspecified atom stereocenters. The minimum absolute atomic E-state index is 0.505. The van der Waals surface area contributed by atoms with Crippen molar-refractivity contribution in [1.29, 1.82) is 0 Å². The van der Waals surface area contributed by atoms with Crippen molar-refractivity contribution in [3.63, 3.8) is 0 Å². The Balaban J connectivity index is 2.46. The number of nitrogens with two attached hydrogens (primary N) is 1. The van der Waals surface area contributed by atoms with Gasteiger partial charge in [0.05, 0.1) is 0 Å². The Kier molecular flexibility index (Phi) is 2.24. The van der Waals surface area contributed by atoms with Crippen LogP contribution in [0.4, 0.5) is 0 Å². The maximum absolute atomic E-state index is 5.51. The summed E-state index contributed by atoms with van der Waals surface area (Å²) in [5.41, 5.74) is 7.57. The fourth-order valence-corrected chi connectivity index (χ4v) is 1.29. The van der Waals surface area contributed by atoms with Crippen LogP contribution in [0.5, 0.6) is 0 Å². The molecule has 0 aromatic carbocycles. The zero-order chi connectivity index (χ0) is 9.97. The molecule has 2 N–H and O–H groups in total. The first-order chi connectivity index (χ1) is 6.81. The second-order valence-corrected chi connectivity index (χ2v) is 3.03. The first-order valence-corrected chi connectivity index (χ1v) is 4.32. The molecule has 0 spiro atoms. The first kappa shape index (κ1) is 8.83. The van der Waals surface area contributed by atoms with Gasteiger partial charge in [-0.3, -0.25) is 0 Å². The van der Waals surface area contributed by atoms with Gasteiger partial charge in [-0.05, 0) is 24.1 Å². The molecule has 5 nitrogen and oxygen atoms in total. The van der Waals surface area contributed by atoms with E-state index in [2.05, 4.69) is 15.1 Å². The van der Waals surface area contributed by atoms with Gasteiger partial charge in [0, 0.05) is 12.7 Å². The summed E-state index contributed by atoms with van der Waals surface area (Å²) in [4.78, 5) is 8.14. The fraction of sp³-hybridized carbons (Fsp3) is 0.222. The number of rotatable bonds is 2. The van der Waals surface area contributed by atoms with Gasteiger partial charge >= 0.3 is 0 Å². The third-order valence-electron chi connectivity index (χ3n) is 1.98. The minimum Gasteiger partial charge on any atom is -0.326 e. The van der Waals surface area contributed by atoms with Gasteiger partial charge in [-0.2, -0.15) is 5.10 Å². The molecule has 0 radical (unpaired) electrons. The Morgan fingerprint density at radius 1 is 1.50 bits per heavy atom. The van der Waals surface area contributed by atoms with E-state index >= 15 is 0 Å². The monoisotopic (exact) mass is 189 g/mol. The van der Waals surface area contributed by atoms with Gasteiger partial charge in [0.25, 0.3) is 0 Å². The zero-order valence-electron chi connectivity index (χ0n) is 7.88. The van der Waals surface area contributed by atoms with E-state index in [0.717, 1.165) is 16.9 Å². The van der Waals surface area contributed by atoms with Crippen LogP contribution in [0.3, 0.4) is 0 Å². The third kappa shape index (κ3) is 1.49. The third-order valence-corrected chi connectivity index (χ3v) is 1.98. The van der Waals surface area contributed by atoms with Crippen molar-refractivity contribution in [2.75, 3.05) is 0 Å². The molecule has 2 heterocycles. The SMILES string of the molecule is Cc1cc(CN)cnc1-n1cncn1. The van der Waals surface area contributed by atoms with Gasteiger partial charge in [-0.25, -0.2) is 14.6 Å². The number of hydrogen-bond acceptors (Lipinski definition) is 4. The van der Waals surface area contributed by atoms with Gasteiger partial charge in [0.2, 0.25) is 0 Å². The maximum atomic E-state index is 5.51. The van der Waals surface area contributed by atoms with E-state index < -0.39 is 0 Å². The van der Waals surface area contributed by atoms with Crippen molar-refractivity contribution < 1.29 is 0 Å². The molecule has 2 aromatic heterocycles. The van der Waals surface area contributed by atoms with E-state index in [-0.39, 0.29) is 0 Å². The highest BCUT2D eigenvalue weighted by Gasteiger charge is 2.03. The Hall–Kier alpha value is -1.75. The Labute approximate surface area is 81.6 Å². The molecule has 0 aliphatic carbocycles. The average Bonchev–Trinajstić information content (AvgIpc) is 2.70. The minimum atomic E-state index is 0.505. The molecule has 2 aromatic rings. The second kappa shape index (κ2) is 3.55. The van der Waals surface area contributed by atoms with Crippen LogP contribution < -0.4 is 5.73 Å². The quantitative estimate of drug-likeness (QED) is 0.743. The topological polar surface area (TPSA) is 69.6 Å². The van der Waals surface area contributed by atoms with Crippen LogP contribution in [-0.2, 0) is 6.54 Å². The summed E-state index contributed by atoms with van der Waals surface area (Å²) < 4.78 is 1.63. The highest BCUT2D eigenvalue weighted by atomic mass is 15.3. The predicted molar refractivity (Wildman–Crippen MR) is 51.8 cm³/mol. The van der Waals surface area contributed by atoms with E-state index in [0.29, 0.717) is 6.54 Å². The van der Waals surface area contributed by atoms with Crippen LogP contribution in [0.1, 0.15) is 11.1 Å². The summed E-state index contributed by atoms with van der Waals surface area (Å²) in [6, 6.07) is 2.00. The number of aryl methyl sites for hydroxylation is 1. The number of aromatic nitrogens is 4. The summed E-state index contributed by atoms with van der Waals surface area (Å²) in [5.74, 6) is 0.791. The summed E-state index contributed by atoms with van der Waals surface area (Å²) in [6.07, 6.45) is 4.86. The lowest BCUT2D eigenvalue weighted by Crippen LogP contribution is -2.04. The molecule has 0 saturated heterocycles. The van der Waals surface area contributed by atoms with E-state index in [9.17, 15) is 0 Å². The van der Waals surface area contributed by atoms with E-state index in [1.54, 1.807) is 17.2 Å². The van der Waals surface area contributed by atoms with Crippen molar-refractivity contribution in [3.05, 3.63) is 36.0 Å². The smallest absolute Gasteiger partial charge is 0.158 e. The standard InChI is InChI=1S/C9H11N5/c1-7-2-8(3-10)4-12-9(7)14-6-11-5-13-14/h2,4-6H,3,10H2,1H3. The Morgan fingerprint density at radius 3 is 2.93 bits per heavy atom. The van der Waals surface area contributed by atoms with Gasteiger partial charge in [-0.1, -0.05) is 0 Å². The molecule has 0 bridgehead atoms. The molecule has 0 amide bonds. The molecule has 0 fully saturated rings. The molecule has 5 heteroatoms. The van der Waals surface area contributed by atoms with Crippen LogP contribution in [0.2, 0.25) is 0 Å². The van der Waals surface area contributed by atoms with Crippen molar-refractivity contribution in [3.8, 4) is 5.82 Å². The molecule has 0 aliphatic heterocycles. The molecule has 14 heavy (non-hydrogen) atoms. The van der Waals surface area contributed by atoms with Crippen molar-refractivity contribution in [1.82, 2.24) is 19.7 Å². The van der Waals surface area contributed by atoms with Gasteiger partial charge in [0.15, 0.2) is 5.82 Å². The van der Waals surface area contributed by atoms with Crippen LogP contribution >= 0.6 is 0 Å². The summed E-state index contributed by atoms with van der Waals surface area (Å²) in [6.45, 7) is 2.48. The highest BCUT2D eigenvalue weighted by molar-refractivity contribution is 5.33. The lowest BCUT2D eigenvalue weighted by Gasteiger charge is -2.05. The molecule has 2 rings (SSSR count). The molecule has 72 valence electrons. The van der Waals surface area contributed by atoms with Crippen LogP contribution in [0, 0.1) is 6.92 Å². The van der Waals surface area contributed by atoms with Crippen molar-refractivity contribution in [2.24, 2.45) is 5.73 Å². The lowest BCUT2D eigenvalue weighted by atomic mass is 10.2. The van der Waals surface area contributed by atoms with E-state index in [1.807, 2.05) is 13.0 Å². The molecular weight excluding hydrogens is 178 g/mol. The molecule has 0 saturated carbocycles. The maximum Gasteiger partial charge on any atom is 0.158 e. The average molecular weight is 189 g/mol. The molecular formula is C9H11N5. The Bertz CT molecular complexity index is 421.